The third-order valence-corrected chi connectivity index (χ3v) is 5.89. The van der Waals surface area contributed by atoms with E-state index >= 15 is 0 Å². The molecule has 96 valence electrons. The van der Waals surface area contributed by atoms with Crippen LogP contribution in [-0.2, 0) is 10.0 Å². The van der Waals surface area contributed by atoms with Gasteiger partial charge < -0.3 is 0 Å². The molecule has 0 radical (unpaired) electrons. The molecular formula is C11H15BrFNO2S. The maximum Gasteiger partial charge on any atom is 0.224 e. The molecule has 0 fully saturated rings. The number of hydrogen-bond acceptors (Lipinski definition) is 2. The Labute approximate surface area is 110 Å². The Morgan fingerprint density at radius 1 is 1.35 bits per heavy atom. The molecule has 0 spiro atoms. The Hall–Kier alpha value is -0.460. The summed E-state index contributed by atoms with van der Waals surface area (Å²) in [4.78, 5) is 0. The first-order valence-electron chi connectivity index (χ1n) is 5.23. The van der Waals surface area contributed by atoms with Gasteiger partial charge in [0.2, 0.25) is 10.0 Å². The van der Waals surface area contributed by atoms with Crippen molar-refractivity contribution in [3.63, 3.8) is 0 Å². The molecule has 0 heterocycles. The fraction of sp³-hybridized carbons (Fsp3) is 0.455. The zero-order valence-corrected chi connectivity index (χ0v) is 12.1. The first-order chi connectivity index (χ1) is 7.92. The third kappa shape index (κ3) is 3.50. The smallest absolute Gasteiger partial charge is 0.211 e. The van der Waals surface area contributed by atoms with E-state index in [2.05, 4.69) is 15.9 Å². The first kappa shape index (κ1) is 14.6. The summed E-state index contributed by atoms with van der Waals surface area (Å²) in [5.41, 5.74) is 0.776. The Kier molecular flexibility index (Phi) is 5.09. The lowest BCUT2D eigenvalue weighted by Gasteiger charge is -2.26. The molecule has 1 unspecified atom stereocenters. The van der Waals surface area contributed by atoms with Gasteiger partial charge in [-0.1, -0.05) is 35.0 Å². The number of alkyl halides is 1. The quantitative estimate of drug-likeness (QED) is 0.781. The zero-order chi connectivity index (χ0) is 13.1. The molecule has 0 N–H and O–H groups in total. The normalized spacial score (nSPS) is 13.9. The molecule has 3 nitrogen and oxygen atoms in total. The summed E-state index contributed by atoms with van der Waals surface area (Å²) in [7, 11) is -3.31. The molecule has 0 aliphatic rings. The second kappa shape index (κ2) is 5.93. The minimum Gasteiger partial charge on any atom is -0.211 e. The van der Waals surface area contributed by atoms with Gasteiger partial charge in [0.05, 0.1) is 0 Å². The van der Waals surface area contributed by atoms with Crippen molar-refractivity contribution >= 4 is 26.0 Å². The van der Waals surface area contributed by atoms with Gasteiger partial charge in [-0.2, -0.15) is 4.31 Å². The molecule has 1 aromatic carbocycles. The van der Waals surface area contributed by atoms with Crippen LogP contribution in [0.25, 0.3) is 0 Å². The number of sulfonamides is 1. The summed E-state index contributed by atoms with van der Waals surface area (Å²) in [5.74, 6) is -0.327. The van der Waals surface area contributed by atoms with Crippen LogP contribution in [0.15, 0.2) is 24.3 Å². The highest BCUT2D eigenvalue weighted by atomic mass is 79.9. The number of nitrogens with zero attached hydrogens (tertiary/aromatic N) is 1. The lowest BCUT2D eigenvalue weighted by molar-refractivity contribution is 0.359. The second-order valence-corrected chi connectivity index (χ2v) is 6.88. The van der Waals surface area contributed by atoms with Gasteiger partial charge >= 0.3 is 0 Å². The highest BCUT2D eigenvalue weighted by molar-refractivity contribution is 9.10. The lowest BCUT2D eigenvalue weighted by Crippen LogP contribution is -2.34. The maximum atomic E-state index is 12.8. The monoisotopic (exact) mass is 323 g/mol. The molecule has 0 aliphatic carbocycles. The van der Waals surface area contributed by atoms with Crippen LogP contribution in [0.2, 0.25) is 0 Å². The third-order valence-electron chi connectivity index (χ3n) is 2.59. The van der Waals surface area contributed by atoms with Crippen molar-refractivity contribution in [2.45, 2.75) is 19.9 Å². The summed E-state index contributed by atoms with van der Waals surface area (Å²) in [6.07, 6.45) is 0. The van der Waals surface area contributed by atoms with Gasteiger partial charge in [-0.15, -0.1) is 0 Å². The van der Waals surface area contributed by atoms with Crippen molar-refractivity contribution in [2.75, 3.05) is 11.2 Å². The SMILES string of the molecule is CCN(C(C)c1ccc(F)cc1)S(=O)(=O)CBr. The second-order valence-electron chi connectivity index (χ2n) is 3.65. The van der Waals surface area contributed by atoms with Crippen molar-refractivity contribution in [3.05, 3.63) is 35.6 Å². The van der Waals surface area contributed by atoms with Crippen molar-refractivity contribution in [2.24, 2.45) is 0 Å². The summed E-state index contributed by atoms with van der Waals surface area (Å²) >= 11 is 2.98. The van der Waals surface area contributed by atoms with Gasteiger partial charge in [-0.3, -0.25) is 0 Å². The molecule has 1 rings (SSSR count). The van der Waals surface area contributed by atoms with Crippen LogP contribution in [0.1, 0.15) is 25.5 Å². The molecule has 0 amide bonds. The van der Waals surface area contributed by atoms with Crippen LogP contribution < -0.4 is 0 Å². The molecule has 1 aromatic rings. The molecule has 0 saturated heterocycles. The zero-order valence-electron chi connectivity index (χ0n) is 9.73. The number of hydrogen-bond donors (Lipinski definition) is 0. The lowest BCUT2D eigenvalue weighted by atomic mass is 10.1. The van der Waals surface area contributed by atoms with Gasteiger partial charge in [-0.05, 0) is 24.6 Å². The average molecular weight is 324 g/mol. The van der Waals surface area contributed by atoms with E-state index in [4.69, 9.17) is 0 Å². The highest BCUT2D eigenvalue weighted by Gasteiger charge is 2.25. The van der Waals surface area contributed by atoms with Gasteiger partial charge in [0.25, 0.3) is 0 Å². The Morgan fingerprint density at radius 2 is 1.88 bits per heavy atom. The van der Waals surface area contributed by atoms with Gasteiger partial charge in [0, 0.05) is 12.6 Å². The summed E-state index contributed by atoms with van der Waals surface area (Å²) in [6.45, 7) is 3.95. The maximum absolute atomic E-state index is 12.8. The van der Waals surface area contributed by atoms with Crippen LogP contribution in [0.4, 0.5) is 4.39 Å². The van der Waals surface area contributed by atoms with Crippen molar-refractivity contribution in [1.82, 2.24) is 4.31 Å². The molecular weight excluding hydrogens is 309 g/mol. The predicted octanol–water partition coefficient (Wildman–Crippen LogP) is 2.89. The minimum atomic E-state index is -3.31. The highest BCUT2D eigenvalue weighted by Crippen LogP contribution is 2.24. The summed E-state index contributed by atoms with van der Waals surface area (Å²) in [5, 5.41) is 0. The van der Waals surface area contributed by atoms with Crippen molar-refractivity contribution in [3.8, 4) is 0 Å². The fourth-order valence-corrected chi connectivity index (χ4v) is 3.59. The van der Waals surface area contributed by atoms with Crippen LogP contribution in [0, 0.1) is 5.82 Å². The minimum absolute atomic E-state index is 0.112. The number of rotatable bonds is 5. The van der Waals surface area contributed by atoms with Crippen molar-refractivity contribution in [1.29, 1.82) is 0 Å². The van der Waals surface area contributed by atoms with Crippen LogP contribution in [0.5, 0.6) is 0 Å². The molecule has 1 atom stereocenters. The average Bonchev–Trinajstić information content (AvgIpc) is 2.30. The van der Waals surface area contributed by atoms with E-state index in [9.17, 15) is 12.8 Å². The van der Waals surface area contributed by atoms with E-state index in [1.165, 1.54) is 16.4 Å². The first-order valence-corrected chi connectivity index (χ1v) is 7.96. The molecule has 6 heteroatoms. The number of halogens is 2. The predicted molar refractivity (Wildman–Crippen MR) is 69.9 cm³/mol. The summed E-state index contributed by atoms with van der Waals surface area (Å²) < 4.78 is 37.7. The van der Waals surface area contributed by atoms with E-state index in [0.717, 1.165) is 5.56 Å². The van der Waals surface area contributed by atoms with Crippen LogP contribution in [-0.4, -0.2) is 23.9 Å². The molecule has 0 saturated carbocycles. The Bertz CT molecular complexity index is 461. The molecule has 0 bridgehead atoms. The van der Waals surface area contributed by atoms with E-state index in [1.807, 2.05) is 0 Å². The summed E-state index contributed by atoms with van der Waals surface area (Å²) in [6, 6.07) is 5.57. The fourth-order valence-electron chi connectivity index (χ4n) is 1.68. The largest absolute Gasteiger partial charge is 0.224 e. The van der Waals surface area contributed by atoms with E-state index < -0.39 is 10.0 Å². The standard InChI is InChI=1S/C11H15BrFNO2S/c1-3-14(17(15,16)8-12)9(2)10-4-6-11(13)7-5-10/h4-7,9H,3,8H2,1-2H3. The molecule has 0 aromatic heterocycles. The van der Waals surface area contributed by atoms with Crippen molar-refractivity contribution < 1.29 is 12.8 Å². The topological polar surface area (TPSA) is 37.4 Å². The van der Waals surface area contributed by atoms with Gasteiger partial charge in [-0.25, -0.2) is 12.8 Å². The molecule has 17 heavy (non-hydrogen) atoms. The van der Waals surface area contributed by atoms with E-state index in [-0.39, 0.29) is 16.5 Å². The Balaban J connectivity index is 3.02. The van der Waals surface area contributed by atoms with Crippen LogP contribution >= 0.6 is 15.9 Å². The van der Waals surface area contributed by atoms with Crippen LogP contribution in [0.3, 0.4) is 0 Å². The van der Waals surface area contributed by atoms with Gasteiger partial charge in [0.1, 0.15) is 10.5 Å². The van der Waals surface area contributed by atoms with E-state index in [1.54, 1.807) is 26.0 Å². The Morgan fingerprint density at radius 3 is 2.29 bits per heavy atom. The van der Waals surface area contributed by atoms with Gasteiger partial charge in [0.15, 0.2) is 0 Å². The molecule has 0 aliphatic heterocycles. The number of benzene rings is 1. The van der Waals surface area contributed by atoms with E-state index in [0.29, 0.717) is 6.54 Å².